The van der Waals surface area contributed by atoms with Crippen molar-refractivity contribution in [2.45, 2.75) is 19.1 Å². The van der Waals surface area contributed by atoms with Gasteiger partial charge in [0.1, 0.15) is 0 Å². The van der Waals surface area contributed by atoms with Gasteiger partial charge in [0.05, 0.1) is 10.9 Å². The number of hydrogen-bond acceptors (Lipinski definition) is 6. The second-order valence-corrected chi connectivity index (χ2v) is 8.76. The highest BCUT2D eigenvalue weighted by atomic mass is 32.2. The van der Waals surface area contributed by atoms with Crippen LogP contribution in [0.3, 0.4) is 0 Å². The molecule has 0 amide bonds. The molecule has 0 fully saturated rings. The molecule has 0 aliphatic carbocycles. The smallest absolute Gasteiger partial charge is 0.235 e. The van der Waals surface area contributed by atoms with Crippen LogP contribution in [0.4, 0.5) is 5.69 Å². The van der Waals surface area contributed by atoms with Crippen LogP contribution in [0.25, 0.3) is 28.3 Å². The fourth-order valence-electron chi connectivity index (χ4n) is 2.65. The molecule has 4 aromatic rings. The Kier molecular flexibility index (Phi) is 4.52. The summed E-state index contributed by atoms with van der Waals surface area (Å²) in [5, 5.41) is 12.5. The molecule has 1 N–H and O–H groups in total. The molecule has 0 saturated heterocycles. The molecule has 0 radical (unpaired) electrons. The maximum absolute atomic E-state index is 12.1. The zero-order chi connectivity index (χ0) is 19.7. The van der Waals surface area contributed by atoms with Crippen LogP contribution >= 0.6 is 0 Å². The minimum absolute atomic E-state index is 0.492. The molecule has 1 aromatic carbocycles. The van der Waals surface area contributed by atoms with Crippen LogP contribution in [0.15, 0.2) is 60.9 Å². The largest absolute Gasteiger partial charge is 0.283 e. The Morgan fingerprint density at radius 3 is 2.50 bits per heavy atom. The fourth-order valence-corrected chi connectivity index (χ4v) is 3.34. The monoisotopic (exact) mass is 394 g/mol. The van der Waals surface area contributed by atoms with Crippen molar-refractivity contribution in [1.82, 2.24) is 24.8 Å². The summed E-state index contributed by atoms with van der Waals surface area (Å²) in [6.07, 6.45) is 3.37. The quantitative estimate of drug-likeness (QED) is 0.558. The van der Waals surface area contributed by atoms with Crippen molar-refractivity contribution in [3.8, 4) is 22.6 Å². The van der Waals surface area contributed by atoms with Gasteiger partial charge >= 0.3 is 0 Å². The Labute approximate surface area is 162 Å². The zero-order valence-corrected chi connectivity index (χ0v) is 16.1. The third-order valence-corrected chi connectivity index (χ3v) is 6.00. The molecule has 0 aliphatic heterocycles. The van der Waals surface area contributed by atoms with Gasteiger partial charge in [-0.05, 0) is 50.2 Å². The average Bonchev–Trinajstić information content (AvgIpc) is 3.11. The second kappa shape index (κ2) is 7.01. The van der Waals surface area contributed by atoms with Gasteiger partial charge in [0.25, 0.3) is 0 Å². The third kappa shape index (κ3) is 3.44. The highest BCUT2D eigenvalue weighted by molar-refractivity contribution is 7.93. The van der Waals surface area contributed by atoms with Crippen LogP contribution in [0, 0.1) is 0 Å². The fraction of sp³-hybridized carbons (Fsp3) is 0.158. The van der Waals surface area contributed by atoms with Gasteiger partial charge in [0, 0.05) is 29.2 Å². The Hall–Kier alpha value is -3.33. The molecule has 4 rings (SSSR count). The number of aromatic nitrogens is 5. The van der Waals surface area contributed by atoms with Crippen LogP contribution in [-0.2, 0) is 10.0 Å². The highest BCUT2D eigenvalue weighted by Crippen LogP contribution is 2.24. The van der Waals surface area contributed by atoms with Crippen LogP contribution in [-0.4, -0.2) is 38.5 Å². The van der Waals surface area contributed by atoms with E-state index in [1.165, 1.54) is 0 Å². The maximum atomic E-state index is 12.1. The van der Waals surface area contributed by atoms with Gasteiger partial charge in [-0.1, -0.05) is 12.1 Å². The first kappa shape index (κ1) is 18.1. The van der Waals surface area contributed by atoms with E-state index in [-0.39, 0.29) is 0 Å². The molecule has 3 aromatic heterocycles. The SMILES string of the molecule is CC(C)S(=O)(=O)Nc1cccc(-c2ccc3nnc(-c4ccncc4)n3n2)c1. The molecular weight excluding hydrogens is 376 g/mol. The maximum Gasteiger partial charge on any atom is 0.235 e. The van der Waals surface area contributed by atoms with Crippen molar-refractivity contribution in [2.24, 2.45) is 0 Å². The Morgan fingerprint density at radius 1 is 0.964 bits per heavy atom. The first-order valence-electron chi connectivity index (χ1n) is 8.69. The molecule has 0 saturated carbocycles. The predicted octanol–water partition coefficient (Wildman–Crippen LogP) is 3.00. The van der Waals surface area contributed by atoms with Crippen molar-refractivity contribution in [2.75, 3.05) is 4.72 Å². The van der Waals surface area contributed by atoms with Crippen molar-refractivity contribution < 1.29 is 8.42 Å². The minimum Gasteiger partial charge on any atom is -0.283 e. The molecule has 0 atom stereocenters. The number of nitrogens with zero attached hydrogens (tertiary/aromatic N) is 5. The molecule has 0 spiro atoms. The van der Waals surface area contributed by atoms with Gasteiger partial charge < -0.3 is 0 Å². The number of benzene rings is 1. The van der Waals surface area contributed by atoms with E-state index in [4.69, 9.17) is 0 Å². The molecule has 0 bridgehead atoms. The minimum atomic E-state index is -3.42. The number of pyridine rings is 1. The van der Waals surface area contributed by atoms with E-state index >= 15 is 0 Å². The Bertz CT molecular complexity index is 1240. The molecule has 8 nitrogen and oxygen atoms in total. The van der Waals surface area contributed by atoms with Crippen LogP contribution < -0.4 is 4.72 Å². The molecule has 9 heteroatoms. The second-order valence-electron chi connectivity index (χ2n) is 6.52. The molecule has 142 valence electrons. The molecule has 0 unspecified atom stereocenters. The van der Waals surface area contributed by atoms with Crippen molar-refractivity contribution >= 4 is 21.4 Å². The summed E-state index contributed by atoms with van der Waals surface area (Å²) in [6.45, 7) is 3.27. The van der Waals surface area contributed by atoms with Gasteiger partial charge in [-0.15, -0.1) is 10.2 Å². The Morgan fingerprint density at radius 2 is 1.75 bits per heavy atom. The van der Waals surface area contributed by atoms with Gasteiger partial charge in [-0.3, -0.25) is 9.71 Å². The molecule has 3 heterocycles. The van der Waals surface area contributed by atoms with Crippen LogP contribution in [0.5, 0.6) is 0 Å². The van der Waals surface area contributed by atoms with Crippen molar-refractivity contribution in [1.29, 1.82) is 0 Å². The summed E-state index contributed by atoms with van der Waals surface area (Å²) in [7, 11) is -3.42. The van der Waals surface area contributed by atoms with E-state index in [0.717, 1.165) is 11.1 Å². The van der Waals surface area contributed by atoms with E-state index in [9.17, 15) is 8.42 Å². The zero-order valence-electron chi connectivity index (χ0n) is 15.3. The predicted molar refractivity (Wildman–Crippen MR) is 107 cm³/mol. The lowest BCUT2D eigenvalue weighted by molar-refractivity contribution is 0.593. The number of sulfonamides is 1. The normalized spacial score (nSPS) is 11.8. The highest BCUT2D eigenvalue weighted by Gasteiger charge is 2.16. The van der Waals surface area contributed by atoms with E-state index in [1.54, 1.807) is 49.0 Å². The van der Waals surface area contributed by atoms with Gasteiger partial charge in [-0.25, -0.2) is 8.42 Å². The van der Waals surface area contributed by atoms with Gasteiger partial charge in [-0.2, -0.15) is 9.61 Å². The van der Waals surface area contributed by atoms with E-state index in [1.807, 2.05) is 30.3 Å². The summed E-state index contributed by atoms with van der Waals surface area (Å²) in [4.78, 5) is 4.02. The lowest BCUT2D eigenvalue weighted by Gasteiger charge is -2.11. The molecule has 28 heavy (non-hydrogen) atoms. The number of rotatable bonds is 5. The summed E-state index contributed by atoms with van der Waals surface area (Å²) >= 11 is 0. The first-order valence-corrected chi connectivity index (χ1v) is 10.2. The summed E-state index contributed by atoms with van der Waals surface area (Å²) in [6, 6.07) is 14.5. The number of hydrogen-bond donors (Lipinski definition) is 1. The molecular formula is C19H18N6O2S. The van der Waals surface area contributed by atoms with Gasteiger partial charge in [0.15, 0.2) is 11.5 Å². The van der Waals surface area contributed by atoms with Crippen LogP contribution in [0.2, 0.25) is 0 Å². The van der Waals surface area contributed by atoms with Crippen LogP contribution in [0.1, 0.15) is 13.8 Å². The lowest BCUT2D eigenvalue weighted by Crippen LogP contribution is -2.22. The summed E-state index contributed by atoms with van der Waals surface area (Å²) in [5.74, 6) is 0.607. The topological polar surface area (TPSA) is 102 Å². The van der Waals surface area contributed by atoms with E-state index < -0.39 is 15.3 Å². The summed E-state index contributed by atoms with van der Waals surface area (Å²) in [5.41, 5.74) is 3.41. The van der Waals surface area contributed by atoms with E-state index in [2.05, 4.69) is 25.0 Å². The lowest BCUT2D eigenvalue weighted by atomic mass is 10.1. The average molecular weight is 394 g/mol. The first-order chi connectivity index (χ1) is 13.4. The number of nitrogens with one attached hydrogen (secondary N) is 1. The molecule has 0 aliphatic rings. The number of anilines is 1. The standard InChI is InChI=1S/C19H18N6O2S/c1-13(2)28(26,27)24-16-5-3-4-15(12-16)17-6-7-18-21-22-19(25(18)23-17)14-8-10-20-11-9-14/h3-13,24H,1-2H3. The van der Waals surface area contributed by atoms with E-state index in [0.29, 0.717) is 22.9 Å². The number of fused-ring (bicyclic) bond motifs is 1. The Balaban J connectivity index is 1.75. The summed E-state index contributed by atoms with van der Waals surface area (Å²) < 4.78 is 28.5. The van der Waals surface area contributed by atoms with Gasteiger partial charge in [0.2, 0.25) is 10.0 Å². The van der Waals surface area contributed by atoms with Crippen molar-refractivity contribution in [3.63, 3.8) is 0 Å². The van der Waals surface area contributed by atoms with Crippen molar-refractivity contribution in [3.05, 3.63) is 60.9 Å². The third-order valence-electron chi connectivity index (χ3n) is 4.24.